The molecule has 0 saturated carbocycles. The molecule has 22 heavy (non-hydrogen) atoms. The second kappa shape index (κ2) is 6.89. The largest absolute Gasteiger partial charge is 0.426 e. The molecule has 0 unspecified atom stereocenters. The molecule has 2 aromatic carbocycles. The van der Waals surface area contributed by atoms with Crippen LogP contribution in [0.25, 0.3) is 0 Å². The van der Waals surface area contributed by atoms with Crippen molar-refractivity contribution in [2.45, 2.75) is 26.7 Å². The van der Waals surface area contributed by atoms with E-state index >= 15 is 0 Å². The first-order valence-corrected chi connectivity index (χ1v) is 7.07. The fourth-order valence-corrected chi connectivity index (χ4v) is 2.08. The highest BCUT2D eigenvalue weighted by molar-refractivity contribution is 5.94. The molecule has 0 bridgehead atoms. The first kappa shape index (κ1) is 15.8. The Morgan fingerprint density at radius 1 is 0.864 bits per heavy atom. The Labute approximate surface area is 129 Å². The van der Waals surface area contributed by atoms with Crippen molar-refractivity contribution in [2.24, 2.45) is 0 Å². The van der Waals surface area contributed by atoms with Crippen LogP contribution in [0.1, 0.15) is 42.6 Å². The third-order valence-corrected chi connectivity index (χ3v) is 3.10. The molecule has 0 aliphatic rings. The summed E-state index contributed by atoms with van der Waals surface area (Å²) in [6.45, 7) is 5.34. The van der Waals surface area contributed by atoms with Crippen molar-refractivity contribution in [3.63, 3.8) is 0 Å². The van der Waals surface area contributed by atoms with Crippen LogP contribution in [0, 0.1) is 0 Å². The Bertz CT molecular complexity index is 689. The number of para-hydroxylation sites is 2. The average molecular weight is 298 g/mol. The van der Waals surface area contributed by atoms with E-state index < -0.39 is 11.9 Å². The highest BCUT2D eigenvalue weighted by atomic mass is 16.5. The van der Waals surface area contributed by atoms with Gasteiger partial charge < -0.3 is 9.47 Å². The van der Waals surface area contributed by atoms with Crippen LogP contribution in [-0.2, 0) is 4.79 Å². The van der Waals surface area contributed by atoms with E-state index in [-0.39, 0.29) is 17.2 Å². The van der Waals surface area contributed by atoms with Crippen molar-refractivity contribution < 1.29 is 19.1 Å². The van der Waals surface area contributed by atoms with Gasteiger partial charge >= 0.3 is 11.9 Å². The van der Waals surface area contributed by atoms with Gasteiger partial charge in [-0.2, -0.15) is 0 Å². The van der Waals surface area contributed by atoms with Gasteiger partial charge in [0, 0.05) is 6.92 Å². The molecule has 0 aromatic heterocycles. The molecule has 0 fully saturated rings. The summed E-state index contributed by atoms with van der Waals surface area (Å²) >= 11 is 0. The van der Waals surface area contributed by atoms with E-state index in [0.717, 1.165) is 5.56 Å². The van der Waals surface area contributed by atoms with Gasteiger partial charge in [0.15, 0.2) is 0 Å². The second-order valence-corrected chi connectivity index (χ2v) is 5.17. The molecule has 2 rings (SSSR count). The number of rotatable bonds is 4. The number of hydrogen-bond acceptors (Lipinski definition) is 4. The minimum atomic E-state index is -0.551. The smallest absolute Gasteiger partial charge is 0.347 e. The van der Waals surface area contributed by atoms with Crippen LogP contribution in [0.2, 0.25) is 0 Å². The molecule has 0 N–H and O–H groups in total. The molecule has 4 nitrogen and oxygen atoms in total. The summed E-state index contributed by atoms with van der Waals surface area (Å²) in [5.74, 6) is -0.0948. The van der Waals surface area contributed by atoms with Gasteiger partial charge in [-0.3, -0.25) is 4.79 Å². The molecule has 0 aliphatic carbocycles. The third kappa shape index (κ3) is 3.73. The van der Waals surface area contributed by atoms with E-state index in [4.69, 9.17) is 9.47 Å². The summed E-state index contributed by atoms with van der Waals surface area (Å²) in [5, 5.41) is 0. The summed E-state index contributed by atoms with van der Waals surface area (Å²) in [6, 6.07) is 13.9. The van der Waals surface area contributed by atoms with Crippen LogP contribution >= 0.6 is 0 Å². The maximum Gasteiger partial charge on any atom is 0.347 e. The van der Waals surface area contributed by atoms with Gasteiger partial charge in [-0.15, -0.1) is 0 Å². The lowest BCUT2D eigenvalue weighted by Crippen LogP contribution is -2.13. The minimum Gasteiger partial charge on any atom is -0.426 e. The summed E-state index contributed by atoms with van der Waals surface area (Å²) in [6.07, 6.45) is 0. The van der Waals surface area contributed by atoms with Crippen molar-refractivity contribution in [1.82, 2.24) is 0 Å². The molecule has 0 saturated heterocycles. The standard InChI is InChI=1S/C18H18O4/c1-12(2)14-8-4-6-10-16(14)22-18(20)15-9-5-7-11-17(15)21-13(3)19/h4-12H,1-3H3. The fraction of sp³-hybridized carbons (Fsp3) is 0.222. The molecule has 4 heteroatoms. The molecular weight excluding hydrogens is 280 g/mol. The van der Waals surface area contributed by atoms with E-state index in [9.17, 15) is 9.59 Å². The molecule has 0 atom stereocenters. The summed E-state index contributed by atoms with van der Waals surface area (Å²) in [7, 11) is 0. The Morgan fingerprint density at radius 2 is 1.45 bits per heavy atom. The van der Waals surface area contributed by atoms with E-state index in [1.807, 2.05) is 32.0 Å². The van der Waals surface area contributed by atoms with Crippen molar-refractivity contribution in [1.29, 1.82) is 0 Å². The first-order valence-electron chi connectivity index (χ1n) is 7.07. The Balaban J connectivity index is 2.29. The average Bonchev–Trinajstić information content (AvgIpc) is 2.47. The second-order valence-electron chi connectivity index (χ2n) is 5.17. The van der Waals surface area contributed by atoms with Crippen LogP contribution in [0.5, 0.6) is 11.5 Å². The van der Waals surface area contributed by atoms with Crippen LogP contribution < -0.4 is 9.47 Å². The molecule has 0 radical (unpaired) electrons. The molecule has 114 valence electrons. The quantitative estimate of drug-likeness (QED) is 0.633. The van der Waals surface area contributed by atoms with Crippen molar-refractivity contribution >= 4 is 11.9 Å². The highest BCUT2D eigenvalue weighted by Gasteiger charge is 2.17. The zero-order valence-corrected chi connectivity index (χ0v) is 12.8. The fourth-order valence-electron chi connectivity index (χ4n) is 2.08. The molecular formula is C18H18O4. The number of ether oxygens (including phenoxy) is 2. The lowest BCUT2D eigenvalue weighted by Gasteiger charge is -2.13. The van der Waals surface area contributed by atoms with Crippen molar-refractivity contribution in [3.05, 3.63) is 59.7 Å². The molecule has 0 heterocycles. The van der Waals surface area contributed by atoms with Gasteiger partial charge in [0.05, 0.1) is 0 Å². The maximum atomic E-state index is 12.4. The Hall–Kier alpha value is -2.62. The van der Waals surface area contributed by atoms with Gasteiger partial charge in [0.2, 0.25) is 0 Å². The zero-order chi connectivity index (χ0) is 16.1. The third-order valence-electron chi connectivity index (χ3n) is 3.10. The van der Waals surface area contributed by atoms with Crippen molar-refractivity contribution in [3.8, 4) is 11.5 Å². The SMILES string of the molecule is CC(=O)Oc1ccccc1C(=O)Oc1ccccc1C(C)C. The van der Waals surface area contributed by atoms with E-state index in [0.29, 0.717) is 5.75 Å². The predicted molar refractivity (Wildman–Crippen MR) is 83.2 cm³/mol. The van der Waals surface area contributed by atoms with Crippen LogP contribution in [0.3, 0.4) is 0 Å². The lowest BCUT2D eigenvalue weighted by molar-refractivity contribution is -0.131. The topological polar surface area (TPSA) is 52.6 Å². The van der Waals surface area contributed by atoms with Gasteiger partial charge in [0.1, 0.15) is 17.1 Å². The van der Waals surface area contributed by atoms with Crippen LogP contribution in [0.15, 0.2) is 48.5 Å². The predicted octanol–water partition coefficient (Wildman–Crippen LogP) is 3.95. The number of carbonyl (C=O) groups is 2. The van der Waals surface area contributed by atoms with E-state index in [1.54, 1.807) is 30.3 Å². The summed E-state index contributed by atoms with van der Waals surface area (Å²) < 4.78 is 10.5. The lowest BCUT2D eigenvalue weighted by atomic mass is 10.0. The van der Waals surface area contributed by atoms with Crippen LogP contribution in [-0.4, -0.2) is 11.9 Å². The summed E-state index contributed by atoms with van der Waals surface area (Å²) in [5.41, 5.74) is 1.16. The minimum absolute atomic E-state index is 0.196. The van der Waals surface area contributed by atoms with Gasteiger partial charge in [0.25, 0.3) is 0 Å². The monoisotopic (exact) mass is 298 g/mol. The first-order chi connectivity index (χ1) is 10.5. The number of esters is 2. The molecule has 2 aromatic rings. The highest BCUT2D eigenvalue weighted by Crippen LogP contribution is 2.28. The molecule has 0 spiro atoms. The normalized spacial score (nSPS) is 10.4. The number of hydrogen-bond donors (Lipinski definition) is 0. The van der Waals surface area contributed by atoms with E-state index in [1.165, 1.54) is 6.92 Å². The van der Waals surface area contributed by atoms with E-state index in [2.05, 4.69) is 0 Å². The van der Waals surface area contributed by atoms with Gasteiger partial charge in [-0.05, 0) is 29.7 Å². The molecule has 0 amide bonds. The molecule has 0 aliphatic heterocycles. The van der Waals surface area contributed by atoms with Crippen molar-refractivity contribution in [2.75, 3.05) is 0 Å². The summed E-state index contributed by atoms with van der Waals surface area (Å²) in [4.78, 5) is 23.5. The number of carbonyl (C=O) groups excluding carboxylic acids is 2. The van der Waals surface area contributed by atoms with Gasteiger partial charge in [-0.25, -0.2) is 4.79 Å². The Morgan fingerprint density at radius 3 is 2.09 bits per heavy atom. The Kier molecular flexibility index (Phi) is 4.94. The maximum absolute atomic E-state index is 12.4. The van der Waals surface area contributed by atoms with Crippen LogP contribution in [0.4, 0.5) is 0 Å². The number of benzene rings is 2. The van der Waals surface area contributed by atoms with Gasteiger partial charge in [-0.1, -0.05) is 44.2 Å². The zero-order valence-electron chi connectivity index (χ0n) is 12.8.